The number of methoxy groups -OCH3 is 1. The van der Waals surface area contributed by atoms with Gasteiger partial charge in [-0.2, -0.15) is 0 Å². The zero-order valence-electron chi connectivity index (χ0n) is 9.84. The van der Waals surface area contributed by atoms with Crippen LogP contribution in [0.2, 0.25) is 0 Å². The Bertz CT molecular complexity index is 497. The Morgan fingerprint density at radius 3 is 2.61 bits per heavy atom. The van der Waals surface area contributed by atoms with E-state index in [4.69, 9.17) is 9.47 Å². The molecule has 1 aromatic rings. The molecule has 0 fully saturated rings. The average molecular weight is 253 g/mol. The molecule has 0 saturated heterocycles. The van der Waals surface area contributed by atoms with Crippen molar-refractivity contribution in [1.29, 1.82) is 0 Å². The Hall–Kier alpha value is -2.44. The van der Waals surface area contributed by atoms with Crippen LogP contribution in [0.15, 0.2) is 12.1 Å². The summed E-state index contributed by atoms with van der Waals surface area (Å²) in [5.41, 5.74) is -0.738. The van der Waals surface area contributed by atoms with E-state index in [0.717, 1.165) is 12.1 Å². The summed E-state index contributed by atoms with van der Waals surface area (Å²) in [6.45, 7) is 1.68. The first-order valence-corrected chi connectivity index (χ1v) is 5.03. The van der Waals surface area contributed by atoms with Crippen molar-refractivity contribution in [2.45, 2.75) is 6.92 Å². The molecule has 0 heterocycles. The van der Waals surface area contributed by atoms with E-state index in [9.17, 15) is 19.7 Å². The van der Waals surface area contributed by atoms with Crippen LogP contribution in [-0.4, -0.2) is 30.9 Å². The molecule has 7 heteroatoms. The molecule has 1 aromatic carbocycles. The van der Waals surface area contributed by atoms with Crippen LogP contribution in [0.5, 0.6) is 5.75 Å². The van der Waals surface area contributed by atoms with E-state index in [1.54, 1.807) is 6.92 Å². The van der Waals surface area contributed by atoms with Crippen molar-refractivity contribution >= 4 is 17.9 Å². The van der Waals surface area contributed by atoms with E-state index in [1.807, 2.05) is 0 Å². The molecule has 0 aliphatic heterocycles. The molecule has 0 aliphatic carbocycles. The first-order valence-electron chi connectivity index (χ1n) is 5.03. The van der Waals surface area contributed by atoms with E-state index in [-0.39, 0.29) is 23.5 Å². The average Bonchev–Trinajstić information content (AvgIpc) is 2.37. The number of ether oxygens (including phenoxy) is 2. The molecular weight excluding hydrogens is 242 g/mol. The van der Waals surface area contributed by atoms with Gasteiger partial charge in [0.2, 0.25) is 0 Å². The number of nitrogens with zero attached hydrogens (tertiary/aromatic N) is 1. The maximum absolute atomic E-state index is 11.6. The van der Waals surface area contributed by atoms with Gasteiger partial charge in [0, 0.05) is 12.1 Å². The van der Waals surface area contributed by atoms with Gasteiger partial charge in [0.25, 0.3) is 5.69 Å². The molecular formula is C11H11NO6. The summed E-state index contributed by atoms with van der Waals surface area (Å²) in [5.74, 6) is -0.751. The number of hydrogen-bond donors (Lipinski definition) is 0. The third kappa shape index (κ3) is 2.62. The fourth-order valence-electron chi connectivity index (χ4n) is 1.38. The van der Waals surface area contributed by atoms with Crippen LogP contribution in [0.3, 0.4) is 0 Å². The van der Waals surface area contributed by atoms with Crippen LogP contribution in [0.1, 0.15) is 27.6 Å². The summed E-state index contributed by atoms with van der Waals surface area (Å²) in [4.78, 5) is 32.4. The lowest BCUT2D eigenvalue weighted by Gasteiger charge is -2.07. The lowest BCUT2D eigenvalue weighted by atomic mass is 10.1. The number of hydrogen-bond acceptors (Lipinski definition) is 6. The number of esters is 1. The molecule has 96 valence electrons. The Labute approximate surface area is 102 Å². The van der Waals surface area contributed by atoms with E-state index in [2.05, 4.69) is 0 Å². The highest BCUT2D eigenvalue weighted by molar-refractivity contribution is 5.96. The maximum atomic E-state index is 11.6. The van der Waals surface area contributed by atoms with Crippen LogP contribution < -0.4 is 4.74 Å². The third-order valence-corrected chi connectivity index (χ3v) is 2.17. The zero-order valence-corrected chi connectivity index (χ0v) is 9.84. The summed E-state index contributed by atoms with van der Waals surface area (Å²) in [6, 6.07) is 2.11. The van der Waals surface area contributed by atoms with Crippen molar-refractivity contribution in [3.05, 3.63) is 33.4 Å². The number of rotatable bonds is 5. The summed E-state index contributed by atoms with van der Waals surface area (Å²) in [7, 11) is 1.29. The monoisotopic (exact) mass is 253 g/mol. The van der Waals surface area contributed by atoms with Crippen LogP contribution >= 0.6 is 0 Å². The number of aldehydes is 1. The van der Waals surface area contributed by atoms with E-state index < -0.39 is 16.6 Å². The standard InChI is InChI=1S/C11H11NO6/c1-3-18-11(14)8-5-10(17-2)7(6-13)4-9(8)12(15)16/h4-6H,3H2,1-2H3. The highest BCUT2D eigenvalue weighted by Crippen LogP contribution is 2.28. The maximum Gasteiger partial charge on any atom is 0.345 e. The van der Waals surface area contributed by atoms with Gasteiger partial charge in [-0.25, -0.2) is 4.79 Å². The number of benzene rings is 1. The second-order valence-corrected chi connectivity index (χ2v) is 3.21. The zero-order chi connectivity index (χ0) is 13.7. The molecule has 0 spiro atoms. The van der Waals surface area contributed by atoms with Crippen molar-refractivity contribution < 1.29 is 24.0 Å². The van der Waals surface area contributed by atoms with Gasteiger partial charge >= 0.3 is 5.97 Å². The lowest BCUT2D eigenvalue weighted by Crippen LogP contribution is -2.09. The van der Waals surface area contributed by atoms with Gasteiger partial charge in [-0.15, -0.1) is 0 Å². The fourth-order valence-corrected chi connectivity index (χ4v) is 1.38. The van der Waals surface area contributed by atoms with Gasteiger partial charge in [-0.3, -0.25) is 14.9 Å². The summed E-state index contributed by atoms with van der Waals surface area (Å²) in [5, 5.41) is 10.8. The fraction of sp³-hybridized carbons (Fsp3) is 0.273. The Kier molecular flexibility index (Phi) is 4.36. The highest BCUT2D eigenvalue weighted by atomic mass is 16.6. The largest absolute Gasteiger partial charge is 0.496 e. The first kappa shape index (κ1) is 13.6. The minimum atomic E-state index is -0.833. The van der Waals surface area contributed by atoms with Crippen LogP contribution in [0, 0.1) is 10.1 Å². The summed E-state index contributed by atoms with van der Waals surface area (Å²) in [6.07, 6.45) is 0.417. The van der Waals surface area contributed by atoms with Crippen LogP contribution in [0.4, 0.5) is 5.69 Å². The third-order valence-electron chi connectivity index (χ3n) is 2.17. The predicted molar refractivity (Wildman–Crippen MR) is 61.0 cm³/mol. The van der Waals surface area contributed by atoms with Crippen molar-refractivity contribution in [2.24, 2.45) is 0 Å². The number of carbonyl (C=O) groups excluding carboxylic acids is 2. The smallest absolute Gasteiger partial charge is 0.345 e. The number of nitro benzene ring substituents is 1. The van der Waals surface area contributed by atoms with Gasteiger partial charge in [0.1, 0.15) is 11.3 Å². The molecule has 0 aliphatic rings. The molecule has 1 rings (SSSR count). The van der Waals surface area contributed by atoms with Crippen molar-refractivity contribution in [2.75, 3.05) is 13.7 Å². The Balaban J connectivity index is 3.42. The van der Waals surface area contributed by atoms with Crippen molar-refractivity contribution in [1.82, 2.24) is 0 Å². The molecule has 7 nitrogen and oxygen atoms in total. The number of carbonyl (C=O) groups is 2. The van der Waals surface area contributed by atoms with Gasteiger partial charge < -0.3 is 9.47 Å². The van der Waals surface area contributed by atoms with E-state index in [1.165, 1.54) is 7.11 Å². The van der Waals surface area contributed by atoms with Crippen LogP contribution in [0.25, 0.3) is 0 Å². The number of nitro groups is 1. The quantitative estimate of drug-likeness (QED) is 0.342. The van der Waals surface area contributed by atoms with Gasteiger partial charge in [0.05, 0.1) is 24.2 Å². The topological polar surface area (TPSA) is 95.7 Å². The minimum Gasteiger partial charge on any atom is -0.496 e. The van der Waals surface area contributed by atoms with Gasteiger partial charge in [0.15, 0.2) is 6.29 Å². The molecule has 0 aromatic heterocycles. The van der Waals surface area contributed by atoms with E-state index >= 15 is 0 Å². The van der Waals surface area contributed by atoms with Gasteiger partial charge in [-0.05, 0) is 6.92 Å². The van der Waals surface area contributed by atoms with Crippen LogP contribution in [-0.2, 0) is 4.74 Å². The second kappa shape index (κ2) is 5.76. The molecule has 0 atom stereocenters. The molecule has 0 bridgehead atoms. The normalized spacial score (nSPS) is 9.67. The molecule has 0 amide bonds. The van der Waals surface area contributed by atoms with Crippen molar-refractivity contribution in [3.8, 4) is 5.75 Å². The van der Waals surface area contributed by atoms with E-state index in [0.29, 0.717) is 6.29 Å². The second-order valence-electron chi connectivity index (χ2n) is 3.21. The molecule has 0 unspecified atom stereocenters. The Morgan fingerprint density at radius 1 is 1.50 bits per heavy atom. The Morgan fingerprint density at radius 2 is 2.17 bits per heavy atom. The molecule has 18 heavy (non-hydrogen) atoms. The molecule has 0 saturated carbocycles. The first-order chi connectivity index (χ1) is 8.54. The van der Waals surface area contributed by atoms with Gasteiger partial charge in [-0.1, -0.05) is 0 Å². The molecule has 0 N–H and O–H groups in total. The summed E-state index contributed by atoms with van der Waals surface area (Å²) >= 11 is 0. The SMILES string of the molecule is CCOC(=O)c1cc(OC)c(C=O)cc1[N+](=O)[O-]. The summed E-state index contributed by atoms with van der Waals surface area (Å²) < 4.78 is 9.58. The predicted octanol–water partition coefficient (Wildman–Crippen LogP) is 1.59. The van der Waals surface area contributed by atoms with Crippen molar-refractivity contribution in [3.63, 3.8) is 0 Å². The highest BCUT2D eigenvalue weighted by Gasteiger charge is 2.24. The molecule has 0 radical (unpaired) electrons. The lowest BCUT2D eigenvalue weighted by molar-refractivity contribution is -0.385. The minimum absolute atomic E-state index is 0.00255.